The molecule has 1 N–H and O–H groups in total. The van der Waals surface area contributed by atoms with Crippen molar-refractivity contribution in [3.63, 3.8) is 0 Å². The molecule has 1 aromatic carbocycles. The van der Waals surface area contributed by atoms with Crippen molar-refractivity contribution >= 4 is 40.4 Å². The number of hydrogen-bond acceptors (Lipinski definition) is 2. The summed E-state index contributed by atoms with van der Waals surface area (Å²) in [5.41, 5.74) is 4.94. The van der Waals surface area contributed by atoms with Gasteiger partial charge in [-0.2, -0.15) is 0 Å². The molecular weight excluding hydrogens is 357 g/mol. The molecule has 1 unspecified atom stereocenters. The van der Waals surface area contributed by atoms with Crippen LogP contribution in [0.1, 0.15) is 23.4 Å². The van der Waals surface area contributed by atoms with Crippen molar-refractivity contribution in [2.24, 2.45) is 5.92 Å². The number of pyridine rings is 1. The number of carbonyl (C=O) groups excluding carboxylic acids is 1. The minimum atomic E-state index is -0.0975. The Morgan fingerprint density at radius 2 is 2.12 bits per heavy atom. The van der Waals surface area contributed by atoms with Gasteiger partial charge in [-0.3, -0.25) is 4.79 Å². The number of imidazole rings is 1. The number of aryl methyl sites for hydroxylation is 2. The summed E-state index contributed by atoms with van der Waals surface area (Å²) in [4.78, 5) is 17.4. The standard InChI is InChI=1S/C19H17Cl2N3O/c1-11-2-7-18-22-16-5-3-12(8-17(16)24(18)10-11)19(25)23-15-6-4-13(20)9-14(15)21/h2,4,6-7,9-10,12H,3,5,8H2,1H3,(H,23,25). The summed E-state index contributed by atoms with van der Waals surface area (Å²) in [6.07, 6.45) is 4.35. The summed E-state index contributed by atoms with van der Waals surface area (Å²) in [5, 5.41) is 3.92. The fourth-order valence-electron chi connectivity index (χ4n) is 3.36. The van der Waals surface area contributed by atoms with E-state index >= 15 is 0 Å². The van der Waals surface area contributed by atoms with Gasteiger partial charge in [0.15, 0.2) is 0 Å². The molecule has 2 aromatic heterocycles. The van der Waals surface area contributed by atoms with Crippen molar-refractivity contribution in [1.29, 1.82) is 0 Å². The molecule has 4 rings (SSSR count). The van der Waals surface area contributed by atoms with Gasteiger partial charge >= 0.3 is 0 Å². The zero-order valence-electron chi connectivity index (χ0n) is 13.7. The Morgan fingerprint density at radius 3 is 2.92 bits per heavy atom. The lowest BCUT2D eigenvalue weighted by molar-refractivity contribution is -0.120. The lowest BCUT2D eigenvalue weighted by Crippen LogP contribution is -2.28. The molecule has 128 valence electrons. The molecule has 1 atom stereocenters. The Morgan fingerprint density at radius 1 is 1.28 bits per heavy atom. The number of hydrogen-bond donors (Lipinski definition) is 1. The van der Waals surface area contributed by atoms with Gasteiger partial charge < -0.3 is 9.72 Å². The zero-order chi connectivity index (χ0) is 17.6. The van der Waals surface area contributed by atoms with Crippen LogP contribution in [0.25, 0.3) is 5.65 Å². The van der Waals surface area contributed by atoms with E-state index in [4.69, 9.17) is 28.2 Å². The van der Waals surface area contributed by atoms with E-state index in [1.54, 1.807) is 18.2 Å². The van der Waals surface area contributed by atoms with Crippen LogP contribution in [0.15, 0.2) is 36.5 Å². The lowest BCUT2D eigenvalue weighted by Gasteiger charge is -2.21. The maximum Gasteiger partial charge on any atom is 0.227 e. The third kappa shape index (κ3) is 3.12. The molecule has 25 heavy (non-hydrogen) atoms. The molecule has 2 heterocycles. The van der Waals surface area contributed by atoms with E-state index in [2.05, 4.69) is 28.9 Å². The van der Waals surface area contributed by atoms with Crippen LogP contribution in [0.4, 0.5) is 5.69 Å². The van der Waals surface area contributed by atoms with Crippen molar-refractivity contribution in [2.75, 3.05) is 5.32 Å². The van der Waals surface area contributed by atoms with Gasteiger partial charge in [0.05, 0.1) is 16.4 Å². The van der Waals surface area contributed by atoms with Gasteiger partial charge in [-0.1, -0.05) is 29.3 Å². The Labute approximate surface area is 155 Å². The molecule has 0 spiro atoms. The van der Waals surface area contributed by atoms with Crippen LogP contribution in [0, 0.1) is 12.8 Å². The first-order valence-electron chi connectivity index (χ1n) is 8.23. The van der Waals surface area contributed by atoms with Crippen molar-refractivity contribution < 1.29 is 4.79 Å². The Balaban J connectivity index is 1.58. The average molecular weight is 374 g/mol. The monoisotopic (exact) mass is 373 g/mol. The largest absolute Gasteiger partial charge is 0.325 e. The van der Waals surface area contributed by atoms with E-state index < -0.39 is 0 Å². The molecule has 0 saturated carbocycles. The zero-order valence-corrected chi connectivity index (χ0v) is 15.2. The molecule has 4 nitrogen and oxygen atoms in total. The van der Waals surface area contributed by atoms with Gasteiger partial charge in [0.25, 0.3) is 0 Å². The quantitative estimate of drug-likeness (QED) is 0.707. The minimum Gasteiger partial charge on any atom is -0.325 e. The summed E-state index contributed by atoms with van der Waals surface area (Å²) >= 11 is 12.1. The van der Waals surface area contributed by atoms with Gasteiger partial charge in [0.1, 0.15) is 5.65 Å². The maximum absolute atomic E-state index is 12.7. The Kier molecular flexibility index (Phi) is 4.18. The van der Waals surface area contributed by atoms with Crippen LogP contribution < -0.4 is 5.32 Å². The van der Waals surface area contributed by atoms with Crippen LogP contribution in [0.2, 0.25) is 10.0 Å². The highest BCUT2D eigenvalue weighted by molar-refractivity contribution is 6.36. The first-order valence-corrected chi connectivity index (χ1v) is 8.99. The molecule has 3 aromatic rings. The first-order chi connectivity index (χ1) is 12.0. The molecule has 1 aliphatic carbocycles. The summed E-state index contributed by atoms with van der Waals surface area (Å²) < 4.78 is 2.11. The second-order valence-electron chi connectivity index (χ2n) is 6.49. The number of halogens is 2. The molecule has 0 saturated heterocycles. The smallest absolute Gasteiger partial charge is 0.227 e. The fourth-order valence-corrected chi connectivity index (χ4v) is 3.82. The topological polar surface area (TPSA) is 46.4 Å². The molecule has 6 heteroatoms. The number of benzene rings is 1. The number of amides is 1. The van der Waals surface area contributed by atoms with Crippen molar-refractivity contribution in [1.82, 2.24) is 9.38 Å². The number of fused-ring (bicyclic) bond motifs is 3. The summed E-state index contributed by atoms with van der Waals surface area (Å²) in [6.45, 7) is 2.06. The van der Waals surface area contributed by atoms with Crippen LogP contribution in [0.5, 0.6) is 0 Å². The van der Waals surface area contributed by atoms with Crippen molar-refractivity contribution in [2.45, 2.75) is 26.2 Å². The summed E-state index contributed by atoms with van der Waals surface area (Å²) in [7, 11) is 0. The SMILES string of the molecule is Cc1ccc2nc3c(n2c1)CC(C(=O)Nc1ccc(Cl)cc1Cl)CC3. The third-order valence-corrected chi connectivity index (χ3v) is 5.23. The Bertz CT molecular complexity index is 980. The number of aromatic nitrogens is 2. The third-order valence-electron chi connectivity index (χ3n) is 4.68. The molecule has 0 bridgehead atoms. The Hall–Kier alpha value is -2.04. The van der Waals surface area contributed by atoms with E-state index in [1.165, 1.54) is 5.56 Å². The van der Waals surface area contributed by atoms with E-state index in [-0.39, 0.29) is 11.8 Å². The highest BCUT2D eigenvalue weighted by atomic mass is 35.5. The normalized spacial score (nSPS) is 16.7. The number of nitrogens with zero attached hydrogens (tertiary/aromatic N) is 2. The van der Waals surface area contributed by atoms with Gasteiger partial charge in [-0.05, 0) is 49.6 Å². The average Bonchev–Trinajstić information content (AvgIpc) is 2.94. The highest BCUT2D eigenvalue weighted by Gasteiger charge is 2.28. The predicted octanol–water partition coefficient (Wildman–Crippen LogP) is 4.69. The molecule has 0 aliphatic heterocycles. The second kappa shape index (κ2) is 6.36. The van der Waals surface area contributed by atoms with E-state index in [0.29, 0.717) is 22.2 Å². The molecular formula is C19H17Cl2N3O. The van der Waals surface area contributed by atoms with Crippen LogP contribution in [-0.4, -0.2) is 15.3 Å². The fraction of sp³-hybridized carbons (Fsp3) is 0.263. The van der Waals surface area contributed by atoms with Crippen LogP contribution >= 0.6 is 23.2 Å². The highest BCUT2D eigenvalue weighted by Crippen LogP contribution is 2.30. The van der Waals surface area contributed by atoms with Crippen LogP contribution in [-0.2, 0) is 17.6 Å². The molecule has 1 aliphatic rings. The number of rotatable bonds is 2. The minimum absolute atomic E-state index is 0.0162. The first kappa shape index (κ1) is 16.4. The van der Waals surface area contributed by atoms with Gasteiger partial charge in [-0.25, -0.2) is 4.98 Å². The van der Waals surface area contributed by atoms with Gasteiger partial charge in [0.2, 0.25) is 5.91 Å². The van der Waals surface area contributed by atoms with Gasteiger partial charge in [0, 0.05) is 29.3 Å². The molecule has 1 amide bonds. The summed E-state index contributed by atoms with van der Waals surface area (Å²) in [6, 6.07) is 9.16. The maximum atomic E-state index is 12.7. The molecule has 0 fully saturated rings. The van der Waals surface area contributed by atoms with Crippen LogP contribution in [0.3, 0.4) is 0 Å². The van der Waals surface area contributed by atoms with Crippen molar-refractivity contribution in [3.8, 4) is 0 Å². The predicted molar refractivity (Wildman–Crippen MR) is 101 cm³/mol. The van der Waals surface area contributed by atoms with E-state index in [9.17, 15) is 4.79 Å². The van der Waals surface area contributed by atoms with Crippen molar-refractivity contribution in [3.05, 3.63) is 63.5 Å². The van der Waals surface area contributed by atoms with E-state index in [0.717, 1.165) is 29.9 Å². The summed E-state index contributed by atoms with van der Waals surface area (Å²) in [5.74, 6) is -0.114. The lowest BCUT2D eigenvalue weighted by atomic mass is 9.89. The molecule has 0 radical (unpaired) electrons. The van der Waals surface area contributed by atoms with Gasteiger partial charge in [-0.15, -0.1) is 0 Å². The number of carbonyl (C=O) groups is 1. The number of nitrogens with one attached hydrogen (secondary N) is 1. The van der Waals surface area contributed by atoms with E-state index in [1.807, 2.05) is 6.07 Å². The number of anilines is 1. The second-order valence-corrected chi connectivity index (χ2v) is 7.34.